The molecule has 176 valence electrons. The molecule has 1 aliphatic rings. The molecule has 1 fully saturated rings. The molecule has 0 spiro atoms. The van der Waals surface area contributed by atoms with Gasteiger partial charge in [0.2, 0.25) is 11.8 Å². The summed E-state index contributed by atoms with van der Waals surface area (Å²) in [5.74, 6) is -0.223. The molecule has 2 aromatic carbocycles. The number of anilines is 1. The lowest BCUT2D eigenvalue weighted by Crippen LogP contribution is -2.70. The van der Waals surface area contributed by atoms with Crippen LogP contribution in [0.4, 0.5) is 5.69 Å². The quantitative estimate of drug-likeness (QED) is 0.338. The van der Waals surface area contributed by atoms with Crippen molar-refractivity contribution in [2.75, 3.05) is 25.3 Å². The highest BCUT2D eigenvalue weighted by Gasteiger charge is 2.35. The molecule has 0 aliphatic carbocycles. The molecule has 3 amide bonds. The Morgan fingerprint density at radius 2 is 1.82 bits per heavy atom. The summed E-state index contributed by atoms with van der Waals surface area (Å²) in [4.78, 5) is 37.4. The van der Waals surface area contributed by atoms with Gasteiger partial charge in [-0.25, -0.2) is 0 Å². The van der Waals surface area contributed by atoms with Crippen molar-refractivity contribution in [2.24, 2.45) is 5.73 Å². The Morgan fingerprint density at radius 1 is 1.12 bits per heavy atom. The highest BCUT2D eigenvalue weighted by atomic mass is 79.9. The Kier molecular flexibility index (Phi) is 8.55. The third kappa shape index (κ3) is 6.60. The average Bonchev–Trinajstić information content (AvgIpc) is 2.81. The van der Waals surface area contributed by atoms with Crippen molar-refractivity contribution >= 4 is 51.1 Å². The van der Waals surface area contributed by atoms with Crippen LogP contribution in [0.15, 0.2) is 46.9 Å². The molecule has 0 saturated carbocycles. The first-order valence-corrected chi connectivity index (χ1v) is 11.7. The lowest BCUT2D eigenvalue weighted by atomic mass is 10.1. The maximum atomic E-state index is 12.6. The van der Waals surface area contributed by atoms with Gasteiger partial charge in [0.05, 0.1) is 26.1 Å². The van der Waals surface area contributed by atoms with Crippen molar-refractivity contribution in [3.05, 3.63) is 52.5 Å². The molecule has 0 bridgehead atoms. The summed E-state index contributed by atoms with van der Waals surface area (Å²) in [7, 11) is 2.96. The molecule has 3 atom stereocenters. The largest absolute Gasteiger partial charge is 0.493 e. The van der Waals surface area contributed by atoms with Crippen LogP contribution < -0.4 is 36.5 Å². The molecule has 2 aromatic rings. The highest BCUT2D eigenvalue weighted by molar-refractivity contribution is 9.10. The summed E-state index contributed by atoms with van der Waals surface area (Å²) >= 11 is 4.51. The van der Waals surface area contributed by atoms with E-state index in [1.165, 1.54) is 32.0 Å². The molecule has 1 aliphatic heterocycles. The second-order valence-corrected chi connectivity index (χ2v) is 8.98. The summed E-state index contributed by atoms with van der Waals surface area (Å²) in [5, 5.41) is 11.1. The SMILES string of the molecule is COc1ccc(C(=O)NC2C(=O)NC(SCC(=O)Nc3ccc(Br)cc3)NC2N)cc1OC. The molecule has 12 heteroatoms. The Bertz CT molecular complexity index is 1020. The van der Waals surface area contributed by atoms with Gasteiger partial charge >= 0.3 is 0 Å². The van der Waals surface area contributed by atoms with Crippen LogP contribution in [0.3, 0.4) is 0 Å². The second kappa shape index (κ2) is 11.4. The number of ether oxygens (including phenoxy) is 2. The number of halogens is 1. The number of hydrogen-bond acceptors (Lipinski definition) is 8. The van der Waals surface area contributed by atoms with E-state index in [9.17, 15) is 14.4 Å². The molecule has 33 heavy (non-hydrogen) atoms. The number of benzene rings is 2. The minimum atomic E-state index is -1.00. The number of carbonyl (C=O) groups excluding carboxylic acids is 3. The zero-order valence-corrected chi connectivity index (χ0v) is 20.3. The van der Waals surface area contributed by atoms with E-state index < -0.39 is 29.5 Å². The van der Waals surface area contributed by atoms with Crippen molar-refractivity contribution < 1.29 is 23.9 Å². The standard InChI is InChI=1S/C21H24BrN5O5S/c1-31-14-8-3-11(9-15(14)32-2)19(29)25-17-18(23)26-21(27-20(17)30)33-10-16(28)24-13-6-4-12(22)5-7-13/h3-9,17-18,21,26H,10,23H2,1-2H3,(H,24,28)(H,25,29)(H,27,30). The first-order valence-electron chi connectivity index (χ1n) is 9.82. The normalized spacial score (nSPS) is 19.9. The molecule has 0 aromatic heterocycles. The number of nitrogens with two attached hydrogens (primary N) is 1. The van der Waals surface area contributed by atoms with E-state index in [1.807, 2.05) is 12.1 Å². The van der Waals surface area contributed by atoms with Gasteiger partial charge in [-0.3, -0.25) is 19.7 Å². The summed E-state index contributed by atoms with van der Waals surface area (Å²) < 4.78 is 11.3. The fraction of sp³-hybridized carbons (Fsp3) is 0.286. The lowest BCUT2D eigenvalue weighted by Gasteiger charge is -2.35. The van der Waals surface area contributed by atoms with Crippen LogP contribution in [-0.2, 0) is 9.59 Å². The second-order valence-electron chi connectivity index (χ2n) is 6.97. The maximum absolute atomic E-state index is 12.6. The van der Waals surface area contributed by atoms with E-state index in [-0.39, 0.29) is 17.2 Å². The first-order chi connectivity index (χ1) is 15.8. The van der Waals surface area contributed by atoms with E-state index in [4.69, 9.17) is 15.2 Å². The predicted octanol–water partition coefficient (Wildman–Crippen LogP) is 1.22. The van der Waals surface area contributed by atoms with Gasteiger partial charge in [0.1, 0.15) is 11.5 Å². The number of thioether (sulfide) groups is 1. The van der Waals surface area contributed by atoms with Crippen LogP contribution in [0.5, 0.6) is 11.5 Å². The van der Waals surface area contributed by atoms with Gasteiger partial charge in [0.25, 0.3) is 5.91 Å². The van der Waals surface area contributed by atoms with Crippen molar-refractivity contribution in [3.8, 4) is 11.5 Å². The van der Waals surface area contributed by atoms with Gasteiger partial charge in [-0.1, -0.05) is 15.9 Å². The van der Waals surface area contributed by atoms with Gasteiger partial charge in [0.15, 0.2) is 11.5 Å². The van der Waals surface area contributed by atoms with Crippen molar-refractivity contribution in [1.82, 2.24) is 16.0 Å². The predicted molar refractivity (Wildman–Crippen MR) is 129 cm³/mol. The van der Waals surface area contributed by atoms with E-state index in [0.717, 1.165) is 4.47 Å². The molecular weight excluding hydrogens is 514 g/mol. The fourth-order valence-corrected chi connectivity index (χ4v) is 4.14. The molecular formula is C21H24BrN5O5S. The van der Waals surface area contributed by atoms with Gasteiger partial charge in [0, 0.05) is 15.7 Å². The number of methoxy groups -OCH3 is 2. The molecule has 1 heterocycles. The van der Waals surface area contributed by atoms with Gasteiger partial charge in [-0.15, -0.1) is 11.8 Å². The minimum absolute atomic E-state index is 0.0867. The van der Waals surface area contributed by atoms with Gasteiger partial charge in [-0.05, 0) is 42.5 Å². The Hall–Kier alpha value is -2.80. The Labute approximate surface area is 203 Å². The van der Waals surface area contributed by atoms with Crippen molar-refractivity contribution in [3.63, 3.8) is 0 Å². The smallest absolute Gasteiger partial charge is 0.252 e. The van der Waals surface area contributed by atoms with Crippen LogP contribution in [0.1, 0.15) is 10.4 Å². The third-order valence-corrected chi connectivity index (χ3v) is 6.24. The highest BCUT2D eigenvalue weighted by Crippen LogP contribution is 2.27. The maximum Gasteiger partial charge on any atom is 0.252 e. The molecule has 3 rings (SSSR count). The summed E-state index contributed by atoms with van der Waals surface area (Å²) in [6, 6.07) is 10.8. The molecule has 3 unspecified atom stereocenters. The minimum Gasteiger partial charge on any atom is -0.493 e. The topological polar surface area (TPSA) is 144 Å². The third-order valence-electron chi connectivity index (χ3n) is 4.70. The Morgan fingerprint density at radius 3 is 2.45 bits per heavy atom. The van der Waals surface area contributed by atoms with Gasteiger partial charge in [-0.2, -0.15) is 0 Å². The number of hydrogen-bond donors (Lipinski definition) is 5. The number of carbonyl (C=O) groups is 3. The zero-order valence-electron chi connectivity index (χ0n) is 17.9. The number of amides is 3. The number of nitrogens with one attached hydrogen (secondary N) is 4. The van der Waals surface area contributed by atoms with E-state index in [0.29, 0.717) is 17.2 Å². The molecule has 6 N–H and O–H groups in total. The van der Waals surface area contributed by atoms with Crippen molar-refractivity contribution in [2.45, 2.75) is 17.7 Å². The van der Waals surface area contributed by atoms with Crippen LogP contribution in [-0.4, -0.2) is 55.4 Å². The van der Waals surface area contributed by atoms with E-state index in [2.05, 4.69) is 37.2 Å². The van der Waals surface area contributed by atoms with Crippen molar-refractivity contribution in [1.29, 1.82) is 0 Å². The summed E-state index contributed by atoms with van der Waals surface area (Å²) in [6.45, 7) is 0. The van der Waals surface area contributed by atoms with E-state index in [1.54, 1.807) is 24.3 Å². The van der Waals surface area contributed by atoms with Crippen LogP contribution in [0, 0.1) is 0 Å². The zero-order chi connectivity index (χ0) is 24.0. The molecule has 1 saturated heterocycles. The average molecular weight is 538 g/mol. The van der Waals surface area contributed by atoms with Crippen LogP contribution >= 0.6 is 27.7 Å². The lowest BCUT2D eigenvalue weighted by molar-refractivity contribution is -0.125. The van der Waals surface area contributed by atoms with Crippen LogP contribution in [0.25, 0.3) is 0 Å². The molecule has 0 radical (unpaired) electrons. The van der Waals surface area contributed by atoms with Crippen LogP contribution in [0.2, 0.25) is 0 Å². The van der Waals surface area contributed by atoms with Gasteiger partial charge < -0.3 is 31.2 Å². The summed E-state index contributed by atoms with van der Waals surface area (Å²) in [5.41, 5.74) is 6.45. The monoisotopic (exact) mass is 537 g/mol. The van der Waals surface area contributed by atoms with E-state index >= 15 is 0 Å². The summed E-state index contributed by atoms with van der Waals surface area (Å²) in [6.07, 6.45) is -0.852. The molecule has 10 nitrogen and oxygen atoms in total. The Balaban J connectivity index is 1.52. The first kappa shape index (κ1) is 24.8. The fourth-order valence-electron chi connectivity index (χ4n) is 3.03. The number of rotatable bonds is 8.